The van der Waals surface area contributed by atoms with Crippen LogP contribution in [0.5, 0.6) is 11.5 Å². The number of benzene rings is 3. The van der Waals surface area contributed by atoms with E-state index >= 15 is 0 Å². The molecule has 9 nitrogen and oxygen atoms in total. The standard InChI is InChI=1S/C26H27N3O6/c1-4-35-23(31)19-14-22(34-3)21(30)15-20(19)26(2,24(27)32)16-10-12-18(13-11-16)29-25(33)28-17-8-6-5-7-9-17/h5-15,30H,4H2,1-3H3,(H2,27,32)(H2,28,29,33). The number of aromatic hydroxyl groups is 1. The number of methoxy groups -OCH3 is 1. The first-order valence-electron chi connectivity index (χ1n) is 10.8. The fourth-order valence-electron chi connectivity index (χ4n) is 3.66. The number of ether oxygens (including phenoxy) is 2. The molecule has 3 aromatic carbocycles. The van der Waals surface area contributed by atoms with Gasteiger partial charge in [0.15, 0.2) is 11.5 Å². The van der Waals surface area contributed by atoms with Crippen molar-refractivity contribution in [2.45, 2.75) is 19.3 Å². The Morgan fingerprint density at radius 3 is 2.11 bits per heavy atom. The van der Waals surface area contributed by atoms with Crippen molar-refractivity contribution in [1.29, 1.82) is 0 Å². The van der Waals surface area contributed by atoms with Gasteiger partial charge in [-0.25, -0.2) is 9.59 Å². The van der Waals surface area contributed by atoms with Crippen molar-refractivity contribution in [3.05, 3.63) is 83.4 Å². The number of primary amides is 1. The summed E-state index contributed by atoms with van der Waals surface area (Å²) in [7, 11) is 1.34. The van der Waals surface area contributed by atoms with Gasteiger partial charge in [-0.15, -0.1) is 0 Å². The number of hydrogen-bond acceptors (Lipinski definition) is 6. The number of esters is 1. The molecule has 0 spiro atoms. The molecule has 0 aromatic heterocycles. The topological polar surface area (TPSA) is 140 Å². The highest BCUT2D eigenvalue weighted by molar-refractivity contribution is 6.00. The summed E-state index contributed by atoms with van der Waals surface area (Å²) in [6, 6.07) is 17.5. The third-order valence-electron chi connectivity index (χ3n) is 5.60. The number of nitrogens with one attached hydrogen (secondary N) is 2. The molecular weight excluding hydrogens is 450 g/mol. The van der Waals surface area contributed by atoms with Gasteiger partial charge < -0.3 is 30.9 Å². The summed E-state index contributed by atoms with van der Waals surface area (Å²) in [6.07, 6.45) is 0. The van der Waals surface area contributed by atoms with Crippen molar-refractivity contribution < 1.29 is 29.0 Å². The molecule has 0 aliphatic carbocycles. The molecule has 1 unspecified atom stereocenters. The van der Waals surface area contributed by atoms with Crippen LogP contribution >= 0.6 is 0 Å². The first-order chi connectivity index (χ1) is 16.7. The van der Waals surface area contributed by atoms with Crippen LogP contribution in [0.25, 0.3) is 0 Å². The molecule has 0 radical (unpaired) electrons. The minimum absolute atomic E-state index is 0.0345. The number of phenolic OH excluding ortho intramolecular Hbond substituents is 1. The van der Waals surface area contributed by atoms with Crippen molar-refractivity contribution >= 4 is 29.3 Å². The van der Waals surface area contributed by atoms with Crippen LogP contribution in [0, 0.1) is 0 Å². The van der Waals surface area contributed by atoms with Crippen LogP contribution in [0.3, 0.4) is 0 Å². The zero-order chi connectivity index (χ0) is 25.6. The molecule has 0 saturated heterocycles. The third kappa shape index (κ3) is 5.35. The predicted octanol–water partition coefficient (Wildman–Crippen LogP) is 4.01. The fraction of sp³-hybridized carbons (Fsp3) is 0.192. The number of anilines is 2. The summed E-state index contributed by atoms with van der Waals surface area (Å²) < 4.78 is 10.3. The van der Waals surface area contributed by atoms with Crippen LogP contribution in [0.15, 0.2) is 66.7 Å². The number of hydrogen-bond donors (Lipinski definition) is 4. The molecule has 3 rings (SSSR count). The van der Waals surface area contributed by atoms with Crippen molar-refractivity contribution in [3.8, 4) is 11.5 Å². The lowest BCUT2D eigenvalue weighted by atomic mass is 9.73. The monoisotopic (exact) mass is 477 g/mol. The summed E-state index contributed by atoms with van der Waals surface area (Å²) in [5, 5.41) is 15.8. The van der Waals surface area contributed by atoms with Gasteiger partial charge in [-0.2, -0.15) is 0 Å². The lowest BCUT2D eigenvalue weighted by Gasteiger charge is -2.29. The van der Waals surface area contributed by atoms with Gasteiger partial charge >= 0.3 is 12.0 Å². The van der Waals surface area contributed by atoms with Crippen molar-refractivity contribution in [1.82, 2.24) is 0 Å². The molecule has 3 aromatic rings. The van der Waals surface area contributed by atoms with Gasteiger partial charge in [0.2, 0.25) is 5.91 Å². The minimum Gasteiger partial charge on any atom is -0.504 e. The Morgan fingerprint density at radius 2 is 1.57 bits per heavy atom. The Bertz CT molecular complexity index is 1230. The Hall–Kier alpha value is -4.53. The Morgan fingerprint density at radius 1 is 0.971 bits per heavy atom. The maximum Gasteiger partial charge on any atom is 0.338 e. The number of amides is 3. The maximum atomic E-state index is 12.8. The first-order valence-corrected chi connectivity index (χ1v) is 10.8. The smallest absolute Gasteiger partial charge is 0.338 e. The van der Waals surface area contributed by atoms with Gasteiger partial charge in [0, 0.05) is 11.4 Å². The van der Waals surface area contributed by atoms with E-state index in [9.17, 15) is 19.5 Å². The highest BCUT2D eigenvalue weighted by atomic mass is 16.5. The molecule has 1 atom stereocenters. The molecule has 0 bridgehead atoms. The van der Waals surface area contributed by atoms with Crippen LogP contribution in [-0.2, 0) is 14.9 Å². The molecule has 9 heteroatoms. The highest BCUT2D eigenvalue weighted by Gasteiger charge is 2.39. The summed E-state index contributed by atoms with van der Waals surface area (Å²) in [4.78, 5) is 37.8. The van der Waals surface area contributed by atoms with E-state index in [2.05, 4.69) is 10.6 Å². The minimum atomic E-state index is -1.52. The maximum absolute atomic E-state index is 12.8. The Balaban J connectivity index is 1.97. The van der Waals surface area contributed by atoms with E-state index in [4.69, 9.17) is 15.2 Å². The van der Waals surface area contributed by atoms with E-state index in [1.807, 2.05) is 6.07 Å². The SMILES string of the molecule is CCOC(=O)c1cc(OC)c(O)cc1C(C)(C(N)=O)c1ccc(NC(=O)Nc2ccccc2)cc1. The van der Waals surface area contributed by atoms with Crippen LogP contribution in [-0.4, -0.2) is 36.7 Å². The molecule has 0 aliphatic rings. The second-order valence-electron chi connectivity index (χ2n) is 7.80. The van der Waals surface area contributed by atoms with E-state index in [1.54, 1.807) is 62.4 Å². The van der Waals surface area contributed by atoms with Crippen LogP contribution < -0.4 is 21.1 Å². The number of nitrogens with two attached hydrogens (primary N) is 1. The zero-order valence-electron chi connectivity index (χ0n) is 19.6. The Kier molecular flexibility index (Phi) is 7.60. The lowest BCUT2D eigenvalue weighted by molar-refractivity contribution is -0.121. The first kappa shape index (κ1) is 25.1. The molecule has 0 heterocycles. The molecule has 3 amide bonds. The van der Waals surface area contributed by atoms with E-state index in [0.29, 0.717) is 16.9 Å². The second kappa shape index (κ2) is 10.6. The number of carbonyl (C=O) groups is 3. The summed E-state index contributed by atoms with van der Waals surface area (Å²) in [6.45, 7) is 3.31. The lowest BCUT2D eigenvalue weighted by Crippen LogP contribution is -2.41. The molecule has 5 N–H and O–H groups in total. The predicted molar refractivity (Wildman–Crippen MR) is 132 cm³/mol. The molecular formula is C26H27N3O6. The number of phenols is 1. The number of rotatable bonds is 8. The number of carbonyl (C=O) groups excluding carboxylic acids is 3. The van der Waals surface area contributed by atoms with Gasteiger partial charge in [-0.05, 0) is 61.4 Å². The normalized spacial score (nSPS) is 12.2. The fourth-order valence-corrected chi connectivity index (χ4v) is 3.66. The summed E-state index contributed by atoms with van der Waals surface area (Å²) in [5.41, 5.74) is 6.04. The average Bonchev–Trinajstić information content (AvgIpc) is 2.84. The summed E-state index contributed by atoms with van der Waals surface area (Å²) >= 11 is 0. The van der Waals surface area contributed by atoms with E-state index < -0.39 is 23.3 Å². The molecule has 0 fully saturated rings. The number of para-hydroxylation sites is 1. The average molecular weight is 478 g/mol. The van der Waals surface area contributed by atoms with Crippen molar-refractivity contribution in [2.24, 2.45) is 5.73 Å². The van der Waals surface area contributed by atoms with Crippen molar-refractivity contribution in [3.63, 3.8) is 0 Å². The largest absolute Gasteiger partial charge is 0.504 e. The quantitative estimate of drug-likeness (QED) is 0.361. The van der Waals surface area contributed by atoms with Crippen LogP contribution in [0.2, 0.25) is 0 Å². The number of urea groups is 1. The van der Waals surface area contributed by atoms with Crippen LogP contribution in [0.1, 0.15) is 35.3 Å². The van der Waals surface area contributed by atoms with E-state index in [0.717, 1.165) is 0 Å². The zero-order valence-corrected chi connectivity index (χ0v) is 19.6. The second-order valence-corrected chi connectivity index (χ2v) is 7.80. The Labute approximate surface area is 202 Å². The van der Waals surface area contributed by atoms with Gasteiger partial charge in [-0.1, -0.05) is 30.3 Å². The van der Waals surface area contributed by atoms with Gasteiger partial charge in [0.1, 0.15) is 0 Å². The molecule has 0 saturated carbocycles. The van der Waals surface area contributed by atoms with Gasteiger partial charge in [-0.3, -0.25) is 4.79 Å². The van der Waals surface area contributed by atoms with Gasteiger partial charge in [0.05, 0.1) is 24.7 Å². The van der Waals surface area contributed by atoms with E-state index in [1.165, 1.54) is 19.2 Å². The van der Waals surface area contributed by atoms with Gasteiger partial charge in [0.25, 0.3) is 0 Å². The van der Waals surface area contributed by atoms with Crippen LogP contribution in [0.4, 0.5) is 16.2 Å². The van der Waals surface area contributed by atoms with Crippen molar-refractivity contribution in [2.75, 3.05) is 24.4 Å². The summed E-state index contributed by atoms with van der Waals surface area (Å²) in [5.74, 6) is -1.66. The molecule has 182 valence electrons. The molecule has 35 heavy (non-hydrogen) atoms. The highest BCUT2D eigenvalue weighted by Crippen LogP contribution is 2.40. The molecule has 0 aliphatic heterocycles. The third-order valence-corrected chi connectivity index (χ3v) is 5.60. The van der Waals surface area contributed by atoms with E-state index in [-0.39, 0.29) is 29.2 Å².